The largest absolute Gasteiger partial charge is 0.507 e. The number of aromatic hydroxyl groups is 2. The van der Waals surface area contributed by atoms with Gasteiger partial charge in [0.15, 0.2) is 0 Å². The van der Waals surface area contributed by atoms with E-state index in [2.05, 4.69) is 0 Å². The standard InChI is InChI=1S/C14H19NO4/c1-19-9-10-5-7-15(8-6-10)14(18)13-11(16)3-2-4-12(13)17/h2-4,10,16-17H,5-9H2,1H3. The number of phenols is 2. The summed E-state index contributed by atoms with van der Waals surface area (Å²) < 4.78 is 5.12. The van der Waals surface area contributed by atoms with Crippen molar-refractivity contribution in [2.45, 2.75) is 12.8 Å². The molecule has 1 amide bonds. The van der Waals surface area contributed by atoms with Gasteiger partial charge in [-0.3, -0.25) is 4.79 Å². The van der Waals surface area contributed by atoms with Crippen molar-refractivity contribution in [3.05, 3.63) is 23.8 Å². The number of methoxy groups -OCH3 is 1. The van der Waals surface area contributed by atoms with Crippen molar-refractivity contribution in [3.8, 4) is 11.5 Å². The number of benzene rings is 1. The van der Waals surface area contributed by atoms with E-state index in [4.69, 9.17) is 4.74 Å². The molecule has 104 valence electrons. The van der Waals surface area contributed by atoms with Gasteiger partial charge in [-0.15, -0.1) is 0 Å². The van der Waals surface area contributed by atoms with Crippen LogP contribution in [0.15, 0.2) is 18.2 Å². The zero-order valence-electron chi connectivity index (χ0n) is 11.0. The molecule has 0 unspecified atom stereocenters. The summed E-state index contributed by atoms with van der Waals surface area (Å²) in [4.78, 5) is 13.9. The van der Waals surface area contributed by atoms with Crippen molar-refractivity contribution in [2.24, 2.45) is 5.92 Å². The molecule has 1 fully saturated rings. The van der Waals surface area contributed by atoms with E-state index in [1.54, 1.807) is 12.0 Å². The quantitative estimate of drug-likeness (QED) is 0.871. The number of amides is 1. The van der Waals surface area contributed by atoms with Crippen LogP contribution in [0.25, 0.3) is 0 Å². The molecule has 0 spiro atoms. The fourth-order valence-electron chi connectivity index (χ4n) is 2.44. The Balaban J connectivity index is 2.05. The molecule has 1 aromatic rings. The van der Waals surface area contributed by atoms with Crippen LogP contribution in [-0.4, -0.2) is 47.8 Å². The fourth-order valence-corrected chi connectivity index (χ4v) is 2.44. The lowest BCUT2D eigenvalue weighted by Gasteiger charge is -2.31. The molecule has 2 N–H and O–H groups in total. The Kier molecular flexibility index (Phi) is 4.27. The van der Waals surface area contributed by atoms with Gasteiger partial charge < -0.3 is 19.8 Å². The van der Waals surface area contributed by atoms with Crippen molar-refractivity contribution in [1.29, 1.82) is 0 Å². The third-order valence-electron chi connectivity index (χ3n) is 3.54. The third kappa shape index (κ3) is 2.98. The van der Waals surface area contributed by atoms with Crippen LogP contribution in [0.2, 0.25) is 0 Å². The average Bonchev–Trinajstić information content (AvgIpc) is 2.39. The molecule has 1 saturated heterocycles. The second-order valence-electron chi connectivity index (χ2n) is 4.86. The Bertz CT molecular complexity index is 433. The predicted molar refractivity (Wildman–Crippen MR) is 70.3 cm³/mol. The van der Waals surface area contributed by atoms with Crippen LogP contribution >= 0.6 is 0 Å². The van der Waals surface area contributed by atoms with E-state index in [0.717, 1.165) is 12.8 Å². The Morgan fingerprint density at radius 1 is 1.32 bits per heavy atom. The second-order valence-corrected chi connectivity index (χ2v) is 4.86. The number of ether oxygens (including phenoxy) is 1. The second kappa shape index (κ2) is 5.93. The molecule has 0 bridgehead atoms. The Hall–Kier alpha value is -1.75. The molecule has 19 heavy (non-hydrogen) atoms. The van der Waals surface area contributed by atoms with Gasteiger partial charge in [-0.25, -0.2) is 0 Å². The molecular weight excluding hydrogens is 246 g/mol. The van der Waals surface area contributed by atoms with E-state index in [1.165, 1.54) is 18.2 Å². The minimum absolute atomic E-state index is 0.00677. The van der Waals surface area contributed by atoms with Crippen LogP contribution in [0.5, 0.6) is 11.5 Å². The summed E-state index contributed by atoms with van der Waals surface area (Å²) in [6.07, 6.45) is 1.77. The first-order chi connectivity index (χ1) is 9.13. The summed E-state index contributed by atoms with van der Waals surface area (Å²) in [5, 5.41) is 19.4. The van der Waals surface area contributed by atoms with Crippen LogP contribution < -0.4 is 0 Å². The van der Waals surface area contributed by atoms with Crippen LogP contribution in [0.4, 0.5) is 0 Å². The van der Waals surface area contributed by atoms with Crippen molar-refractivity contribution >= 4 is 5.91 Å². The topological polar surface area (TPSA) is 70.0 Å². The van der Waals surface area contributed by atoms with E-state index >= 15 is 0 Å². The van der Waals surface area contributed by atoms with Gasteiger partial charge in [-0.1, -0.05) is 6.07 Å². The number of hydrogen-bond acceptors (Lipinski definition) is 4. The fraction of sp³-hybridized carbons (Fsp3) is 0.500. The molecule has 0 saturated carbocycles. The number of carbonyl (C=O) groups is 1. The molecule has 1 aliphatic heterocycles. The Morgan fingerprint density at radius 3 is 2.42 bits per heavy atom. The van der Waals surface area contributed by atoms with Gasteiger partial charge in [0.1, 0.15) is 17.1 Å². The molecule has 2 rings (SSSR count). The normalized spacial score (nSPS) is 16.6. The lowest BCUT2D eigenvalue weighted by atomic mass is 9.97. The first kappa shape index (κ1) is 13.7. The van der Waals surface area contributed by atoms with Crippen LogP contribution in [-0.2, 0) is 4.74 Å². The Morgan fingerprint density at radius 2 is 1.89 bits per heavy atom. The van der Waals surface area contributed by atoms with E-state index < -0.39 is 0 Å². The maximum Gasteiger partial charge on any atom is 0.261 e. The van der Waals surface area contributed by atoms with Crippen molar-refractivity contribution < 1.29 is 19.7 Å². The van der Waals surface area contributed by atoms with Gasteiger partial charge in [-0.05, 0) is 30.9 Å². The van der Waals surface area contributed by atoms with Gasteiger partial charge in [0.25, 0.3) is 5.91 Å². The third-order valence-corrected chi connectivity index (χ3v) is 3.54. The number of hydrogen-bond donors (Lipinski definition) is 2. The lowest BCUT2D eigenvalue weighted by molar-refractivity contribution is 0.0608. The predicted octanol–water partition coefficient (Wildman–Crippen LogP) is 1.60. The monoisotopic (exact) mass is 265 g/mol. The summed E-state index contributed by atoms with van der Waals surface area (Å²) in [6, 6.07) is 4.32. The zero-order valence-corrected chi connectivity index (χ0v) is 11.0. The number of carbonyl (C=O) groups excluding carboxylic acids is 1. The molecule has 0 aliphatic carbocycles. The molecule has 5 heteroatoms. The van der Waals surface area contributed by atoms with E-state index in [1.807, 2.05) is 0 Å². The maximum atomic E-state index is 12.3. The number of rotatable bonds is 3. The highest BCUT2D eigenvalue weighted by Crippen LogP contribution is 2.29. The number of nitrogens with zero attached hydrogens (tertiary/aromatic N) is 1. The molecule has 1 aromatic carbocycles. The van der Waals surface area contributed by atoms with Gasteiger partial charge in [0.2, 0.25) is 0 Å². The smallest absolute Gasteiger partial charge is 0.261 e. The van der Waals surface area contributed by atoms with Crippen molar-refractivity contribution in [2.75, 3.05) is 26.8 Å². The molecule has 0 aromatic heterocycles. The van der Waals surface area contributed by atoms with Crippen molar-refractivity contribution in [1.82, 2.24) is 4.90 Å². The molecular formula is C14H19NO4. The molecule has 0 atom stereocenters. The summed E-state index contributed by atoms with van der Waals surface area (Å²) in [5.74, 6) is -0.188. The highest BCUT2D eigenvalue weighted by atomic mass is 16.5. The molecule has 1 heterocycles. The SMILES string of the molecule is COCC1CCN(C(=O)c2c(O)cccc2O)CC1. The minimum atomic E-state index is -0.313. The molecule has 5 nitrogen and oxygen atoms in total. The van der Waals surface area contributed by atoms with Crippen LogP contribution in [0.3, 0.4) is 0 Å². The number of piperidine rings is 1. The van der Waals surface area contributed by atoms with Gasteiger partial charge in [0.05, 0.1) is 0 Å². The van der Waals surface area contributed by atoms with Gasteiger partial charge in [0, 0.05) is 26.8 Å². The first-order valence-electron chi connectivity index (χ1n) is 6.42. The maximum absolute atomic E-state index is 12.3. The summed E-state index contributed by atoms with van der Waals surface area (Å²) in [7, 11) is 1.68. The molecule has 0 radical (unpaired) electrons. The average molecular weight is 265 g/mol. The lowest BCUT2D eigenvalue weighted by Crippen LogP contribution is -2.39. The van der Waals surface area contributed by atoms with Crippen LogP contribution in [0, 0.1) is 5.92 Å². The number of likely N-dealkylation sites (tertiary alicyclic amines) is 1. The zero-order chi connectivity index (χ0) is 13.8. The molecule has 1 aliphatic rings. The summed E-state index contributed by atoms with van der Waals surface area (Å²) in [5.41, 5.74) is -0.00677. The highest BCUT2D eigenvalue weighted by Gasteiger charge is 2.26. The Labute approximate surface area is 112 Å². The van der Waals surface area contributed by atoms with E-state index in [9.17, 15) is 15.0 Å². The summed E-state index contributed by atoms with van der Waals surface area (Å²) >= 11 is 0. The first-order valence-corrected chi connectivity index (χ1v) is 6.42. The van der Waals surface area contributed by atoms with E-state index in [-0.39, 0.29) is 23.0 Å². The van der Waals surface area contributed by atoms with Crippen molar-refractivity contribution in [3.63, 3.8) is 0 Å². The van der Waals surface area contributed by atoms with Gasteiger partial charge >= 0.3 is 0 Å². The minimum Gasteiger partial charge on any atom is -0.507 e. The number of phenolic OH excluding ortho intramolecular Hbond substituents is 2. The van der Waals surface area contributed by atoms with Gasteiger partial charge in [-0.2, -0.15) is 0 Å². The van der Waals surface area contributed by atoms with Crippen LogP contribution in [0.1, 0.15) is 23.2 Å². The highest BCUT2D eigenvalue weighted by molar-refractivity contribution is 5.99. The van der Waals surface area contributed by atoms with E-state index in [0.29, 0.717) is 25.6 Å². The summed E-state index contributed by atoms with van der Waals surface area (Å²) in [6.45, 7) is 1.96.